The standard InChI is InChI=1S/C42H55N5O7S/c1-29(2)35-6-4-5-7-36(35)37-26-54-23-20-42(37)27-46(28-42)33-16-21-45(22-17-33)32-10-8-31(9-11-32)40(48)44-55(52,53)34-12-13-38(39(24-34)47(50)51)43-25-30-14-18-41(3,49)19-15-30/h4-13,24,29-30,33,37,43,49H,14-23,25-28H2,1-3H3,(H,44,48)/t30?,37-,41?/m0/s1. The van der Waals surface area contributed by atoms with Gasteiger partial charge in [0.05, 0.1) is 22.0 Å². The summed E-state index contributed by atoms with van der Waals surface area (Å²) in [5, 5.41) is 25.2. The summed E-state index contributed by atoms with van der Waals surface area (Å²) in [7, 11) is -4.39. The molecule has 12 nitrogen and oxygen atoms in total. The summed E-state index contributed by atoms with van der Waals surface area (Å²) in [6.07, 6.45) is 6.08. The number of hydrogen-bond acceptors (Lipinski definition) is 10. The maximum absolute atomic E-state index is 13.2. The number of nitro benzene ring substituents is 1. The number of carbonyl (C=O) groups excluding carboxylic acids is 1. The number of benzene rings is 3. The third kappa shape index (κ3) is 8.55. The van der Waals surface area contributed by atoms with E-state index in [0.29, 0.717) is 37.3 Å². The number of aliphatic hydroxyl groups is 1. The average Bonchev–Trinajstić information content (AvgIpc) is 3.16. The molecule has 4 aliphatic rings. The van der Waals surface area contributed by atoms with Crippen molar-refractivity contribution in [2.45, 2.75) is 94.1 Å². The van der Waals surface area contributed by atoms with Gasteiger partial charge in [-0.05, 0) is 111 Å². The zero-order valence-electron chi connectivity index (χ0n) is 32.2. The molecule has 13 heteroatoms. The number of ether oxygens (including phenoxy) is 1. The Labute approximate surface area is 324 Å². The summed E-state index contributed by atoms with van der Waals surface area (Å²) in [6, 6.07) is 19.9. The third-order valence-corrected chi connectivity index (χ3v) is 14.1. The topological polar surface area (TPSA) is 154 Å². The molecule has 55 heavy (non-hydrogen) atoms. The van der Waals surface area contributed by atoms with E-state index in [1.807, 2.05) is 19.1 Å². The van der Waals surface area contributed by atoms with E-state index in [4.69, 9.17) is 4.74 Å². The van der Waals surface area contributed by atoms with Crippen LogP contribution in [-0.4, -0.2) is 86.8 Å². The Morgan fingerprint density at radius 2 is 1.69 bits per heavy atom. The van der Waals surface area contributed by atoms with Crippen LogP contribution in [0.2, 0.25) is 0 Å². The number of nitrogens with zero attached hydrogens (tertiary/aromatic N) is 3. The van der Waals surface area contributed by atoms with Crippen LogP contribution in [0.3, 0.4) is 0 Å². The largest absolute Gasteiger partial charge is 0.390 e. The zero-order chi connectivity index (χ0) is 39.0. The lowest BCUT2D eigenvalue weighted by molar-refractivity contribution is -0.384. The van der Waals surface area contributed by atoms with E-state index in [-0.39, 0.29) is 33.2 Å². The highest BCUT2D eigenvalue weighted by molar-refractivity contribution is 7.90. The van der Waals surface area contributed by atoms with Crippen molar-refractivity contribution in [3.05, 3.63) is 93.5 Å². The lowest BCUT2D eigenvalue weighted by Gasteiger charge is -2.59. The smallest absolute Gasteiger partial charge is 0.293 e. The maximum Gasteiger partial charge on any atom is 0.293 e. The predicted octanol–water partition coefficient (Wildman–Crippen LogP) is 6.66. The zero-order valence-corrected chi connectivity index (χ0v) is 33.0. The molecule has 3 aliphatic heterocycles. The molecule has 0 radical (unpaired) electrons. The van der Waals surface area contributed by atoms with Crippen LogP contribution < -0.4 is 14.9 Å². The van der Waals surface area contributed by atoms with Crippen LogP contribution in [0.1, 0.15) is 99.0 Å². The average molecular weight is 774 g/mol. The number of hydrogen-bond donors (Lipinski definition) is 3. The summed E-state index contributed by atoms with van der Waals surface area (Å²) in [5.41, 5.74) is 3.44. The first-order valence-corrected chi connectivity index (χ1v) is 21.3. The van der Waals surface area contributed by atoms with Crippen LogP contribution in [-0.2, 0) is 14.8 Å². The maximum atomic E-state index is 13.2. The molecule has 1 spiro atoms. The van der Waals surface area contributed by atoms with Crippen LogP contribution >= 0.6 is 0 Å². The van der Waals surface area contributed by atoms with Crippen LogP contribution in [0.5, 0.6) is 0 Å². The lowest BCUT2D eigenvalue weighted by Crippen LogP contribution is -2.65. The summed E-state index contributed by atoms with van der Waals surface area (Å²) in [4.78, 5) is 29.0. The number of nitrogens with one attached hydrogen (secondary N) is 2. The van der Waals surface area contributed by atoms with E-state index in [1.54, 1.807) is 12.1 Å². The number of anilines is 2. The molecule has 3 aromatic carbocycles. The number of nitro groups is 1. The highest BCUT2D eigenvalue weighted by atomic mass is 32.2. The molecule has 7 rings (SSSR count). The minimum atomic E-state index is -4.39. The molecule has 1 saturated carbocycles. The molecular weight excluding hydrogens is 719 g/mol. The molecule has 4 fully saturated rings. The van der Waals surface area contributed by atoms with Crippen molar-refractivity contribution in [1.82, 2.24) is 9.62 Å². The Hall–Kier alpha value is -4.04. The van der Waals surface area contributed by atoms with Gasteiger partial charge in [0.15, 0.2) is 0 Å². The van der Waals surface area contributed by atoms with Gasteiger partial charge in [-0.3, -0.25) is 19.8 Å². The Bertz CT molecular complexity index is 1960. The molecule has 0 unspecified atom stereocenters. The quantitative estimate of drug-likeness (QED) is 0.142. The van der Waals surface area contributed by atoms with Gasteiger partial charge in [0, 0.05) is 74.0 Å². The summed E-state index contributed by atoms with van der Waals surface area (Å²) in [6.45, 7) is 12.4. The highest BCUT2D eigenvalue weighted by Gasteiger charge is 2.52. The fourth-order valence-corrected chi connectivity index (χ4v) is 10.3. The Kier molecular flexibility index (Phi) is 11.3. The monoisotopic (exact) mass is 773 g/mol. The van der Waals surface area contributed by atoms with Gasteiger partial charge in [-0.1, -0.05) is 38.1 Å². The van der Waals surface area contributed by atoms with E-state index in [2.05, 4.69) is 58.0 Å². The van der Waals surface area contributed by atoms with Gasteiger partial charge in [0.1, 0.15) is 5.69 Å². The number of likely N-dealkylation sites (tertiary alicyclic amines) is 1. The van der Waals surface area contributed by atoms with Crippen LogP contribution in [0.25, 0.3) is 0 Å². The molecule has 1 aliphatic carbocycles. The van der Waals surface area contributed by atoms with Crippen molar-refractivity contribution in [3.8, 4) is 0 Å². The normalized spacial score (nSPS) is 24.7. The van der Waals surface area contributed by atoms with Crippen molar-refractivity contribution in [3.63, 3.8) is 0 Å². The summed E-state index contributed by atoms with van der Waals surface area (Å²) >= 11 is 0. The minimum absolute atomic E-state index is 0.178. The number of rotatable bonds is 11. The molecule has 0 bridgehead atoms. The third-order valence-electron chi connectivity index (χ3n) is 12.7. The highest BCUT2D eigenvalue weighted by Crippen LogP contribution is 2.51. The summed E-state index contributed by atoms with van der Waals surface area (Å²) < 4.78 is 34.6. The predicted molar refractivity (Wildman–Crippen MR) is 213 cm³/mol. The van der Waals surface area contributed by atoms with Gasteiger partial charge in [-0.15, -0.1) is 0 Å². The van der Waals surface area contributed by atoms with E-state index in [9.17, 15) is 28.4 Å². The number of amides is 1. The second-order valence-corrected chi connectivity index (χ2v) is 18.6. The number of piperidine rings is 1. The molecular formula is C42H55N5O7S. The fourth-order valence-electron chi connectivity index (χ4n) is 9.29. The molecule has 1 atom stereocenters. The Morgan fingerprint density at radius 1 is 1.00 bits per heavy atom. The molecule has 3 N–H and O–H groups in total. The van der Waals surface area contributed by atoms with Crippen molar-refractivity contribution < 1.29 is 28.0 Å². The Balaban J connectivity index is 0.918. The summed E-state index contributed by atoms with van der Waals surface area (Å²) in [5.74, 6) is 0.324. The molecule has 3 saturated heterocycles. The SMILES string of the molecule is CC(C)c1ccccc1[C@@H]1COCCC12CN(C1CCN(c3ccc(C(=O)NS(=O)(=O)c4ccc(NCC5CCC(C)(O)CC5)c([N+](=O)[O-])c4)cc3)CC1)C2. The van der Waals surface area contributed by atoms with Crippen molar-refractivity contribution in [2.75, 3.05) is 56.2 Å². The van der Waals surface area contributed by atoms with E-state index in [1.165, 1.54) is 23.3 Å². The van der Waals surface area contributed by atoms with Crippen molar-refractivity contribution in [2.24, 2.45) is 11.3 Å². The lowest BCUT2D eigenvalue weighted by atomic mass is 9.62. The van der Waals surface area contributed by atoms with E-state index < -0.39 is 26.5 Å². The second-order valence-electron chi connectivity index (χ2n) is 16.9. The van der Waals surface area contributed by atoms with Crippen LogP contribution in [0, 0.1) is 21.4 Å². The van der Waals surface area contributed by atoms with Gasteiger partial charge in [-0.2, -0.15) is 0 Å². The first-order valence-electron chi connectivity index (χ1n) is 19.8. The molecule has 3 aromatic rings. The number of carbonyl (C=O) groups is 1. The first kappa shape index (κ1) is 39.2. The first-order chi connectivity index (χ1) is 26.2. The van der Waals surface area contributed by atoms with Gasteiger partial charge in [0.25, 0.3) is 21.6 Å². The Morgan fingerprint density at radius 3 is 2.36 bits per heavy atom. The van der Waals surface area contributed by atoms with E-state index in [0.717, 1.165) is 83.3 Å². The van der Waals surface area contributed by atoms with Crippen molar-refractivity contribution >= 4 is 33.0 Å². The molecule has 1 amide bonds. The fraction of sp³-hybridized carbons (Fsp3) is 0.548. The van der Waals surface area contributed by atoms with Crippen molar-refractivity contribution in [1.29, 1.82) is 0 Å². The van der Waals surface area contributed by atoms with Gasteiger partial charge in [0.2, 0.25) is 0 Å². The van der Waals surface area contributed by atoms with Gasteiger partial charge >= 0.3 is 0 Å². The van der Waals surface area contributed by atoms with Crippen LogP contribution in [0.4, 0.5) is 17.1 Å². The molecule has 3 heterocycles. The van der Waals surface area contributed by atoms with Gasteiger partial charge in [-0.25, -0.2) is 13.1 Å². The molecule has 296 valence electrons. The second kappa shape index (κ2) is 15.8. The minimum Gasteiger partial charge on any atom is -0.390 e. The number of sulfonamides is 1. The van der Waals surface area contributed by atoms with Crippen LogP contribution in [0.15, 0.2) is 71.6 Å². The molecule has 0 aromatic heterocycles. The van der Waals surface area contributed by atoms with Gasteiger partial charge < -0.3 is 20.1 Å². The van der Waals surface area contributed by atoms with E-state index >= 15 is 0 Å².